The number of pyridine rings is 1. The third kappa shape index (κ3) is 3.45. The monoisotopic (exact) mass is 277 g/mol. The van der Waals surface area contributed by atoms with E-state index >= 15 is 0 Å². The van der Waals surface area contributed by atoms with Gasteiger partial charge in [-0.2, -0.15) is 0 Å². The Morgan fingerprint density at radius 2 is 2.16 bits per heavy atom. The summed E-state index contributed by atoms with van der Waals surface area (Å²) < 4.78 is 5.51. The highest BCUT2D eigenvalue weighted by Gasteiger charge is 2.13. The number of nitrogens with zero attached hydrogens (tertiary/aromatic N) is 1. The van der Waals surface area contributed by atoms with Crippen LogP contribution in [0.4, 0.5) is 0 Å². The predicted molar refractivity (Wildman–Crippen MR) is 71.8 cm³/mol. The van der Waals surface area contributed by atoms with Gasteiger partial charge in [-0.25, -0.2) is 4.98 Å². The first-order chi connectivity index (χ1) is 9.06. The standard InChI is InChI=1S/C14H12ClNO3/c1-9(14(17)18)10-5-6-13(16-8-10)19-12-4-2-3-11(15)7-12/h2-9H,1H3,(H,17,18). The molecule has 1 atom stereocenters. The lowest BCUT2D eigenvalue weighted by atomic mass is 10.0. The molecule has 0 amide bonds. The van der Waals surface area contributed by atoms with E-state index in [9.17, 15) is 4.79 Å². The lowest BCUT2D eigenvalue weighted by Gasteiger charge is -2.08. The Labute approximate surface area is 115 Å². The van der Waals surface area contributed by atoms with Gasteiger partial charge in [-0.3, -0.25) is 4.79 Å². The van der Waals surface area contributed by atoms with Gasteiger partial charge in [0.05, 0.1) is 5.92 Å². The normalized spacial score (nSPS) is 11.9. The van der Waals surface area contributed by atoms with E-state index in [1.165, 1.54) is 6.20 Å². The molecule has 0 aliphatic heterocycles. The molecule has 1 aromatic carbocycles. The molecule has 0 aliphatic carbocycles. The van der Waals surface area contributed by atoms with E-state index in [1.54, 1.807) is 43.3 Å². The molecule has 2 aromatic rings. The van der Waals surface area contributed by atoms with Crippen LogP contribution in [-0.2, 0) is 4.79 Å². The average Bonchev–Trinajstić information content (AvgIpc) is 2.39. The van der Waals surface area contributed by atoms with Crippen LogP contribution in [0.5, 0.6) is 11.6 Å². The zero-order chi connectivity index (χ0) is 13.8. The number of benzene rings is 1. The second kappa shape index (κ2) is 5.71. The van der Waals surface area contributed by atoms with E-state index < -0.39 is 11.9 Å². The third-order valence-electron chi connectivity index (χ3n) is 2.65. The Bertz CT molecular complexity index is 583. The second-order valence-corrected chi connectivity index (χ2v) is 4.49. The molecule has 0 saturated heterocycles. The number of rotatable bonds is 4. The number of halogens is 1. The van der Waals surface area contributed by atoms with Crippen LogP contribution in [0.3, 0.4) is 0 Å². The third-order valence-corrected chi connectivity index (χ3v) is 2.88. The Balaban J connectivity index is 2.13. The number of aromatic nitrogens is 1. The Morgan fingerprint density at radius 3 is 2.74 bits per heavy atom. The van der Waals surface area contributed by atoms with Crippen molar-refractivity contribution in [3.05, 3.63) is 53.2 Å². The molecule has 0 aliphatic rings. The number of aliphatic carboxylic acids is 1. The van der Waals surface area contributed by atoms with Gasteiger partial charge in [-0.15, -0.1) is 0 Å². The number of hydrogen-bond acceptors (Lipinski definition) is 3. The van der Waals surface area contributed by atoms with E-state index in [4.69, 9.17) is 21.4 Å². The molecule has 19 heavy (non-hydrogen) atoms. The molecule has 2 rings (SSSR count). The van der Waals surface area contributed by atoms with E-state index in [1.807, 2.05) is 0 Å². The van der Waals surface area contributed by atoms with Crippen molar-refractivity contribution in [1.29, 1.82) is 0 Å². The fraction of sp³-hybridized carbons (Fsp3) is 0.143. The minimum absolute atomic E-state index is 0.392. The van der Waals surface area contributed by atoms with Gasteiger partial charge in [0.2, 0.25) is 5.88 Å². The molecule has 4 nitrogen and oxygen atoms in total. The van der Waals surface area contributed by atoms with Gasteiger partial charge in [0, 0.05) is 17.3 Å². The molecule has 0 fully saturated rings. The maximum absolute atomic E-state index is 10.8. The van der Waals surface area contributed by atoms with Gasteiger partial charge in [0.15, 0.2) is 0 Å². The molecule has 0 bridgehead atoms. The maximum Gasteiger partial charge on any atom is 0.310 e. The molecule has 0 spiro atoms. The predicted octanol–water partition coefficient (Wildman–Crippen LogP) is 3.72. The van der Waals surface area contributed by atoms with Gasteiger partial charge in [-0.1, -0.05) is 23.7 Å². The van der Waals surface area contributed by atoms with Gasteiger partial charge in [0.1, 0.15) is 5.75 Å². The highest BCUT2D eigenvalue weighted by atomic mass is 35.5. The van der Waals surface area contributed by atoms with Crippen molar-refractivity contribution in [2.45, 2.75) is 12.8 Å². The maximum atomic E-state index is 10.8. The van der Waals surface area contributed by atoms with Crippen molar-refractivity contribution in [3.63, 3.8) is 0 Å². The molecule has 98 valence electrons. The van der Waals surface area contributed by atoms with Crippen molar-refractivity contribution < 1.29 is 14.6 Å². The minimum Gasteiger partial charge on any atom is -0.481 e. The minimum atomic E-state index is -0.884. The molecule has 1 heterocycles. The number of hydrogen-bond donors (Lipinski definition) is 1. The summed E-state index contributed by atoms with van der Waals surface area (Å²) >= 11 is 5.85. The summed E-state index contributed by atoms with van der Waals surface area (Å²) in [6, 6.07) is 10.3. The molecule has 0 radical (unpaired) electrons. The molecular formula is C14H12ClNO3. The quantitative estimate of drug-likeness (QED) is 0.925. The summed E-state index contributed by atoms with van der Waals surface area (Å²) in [5.41, 5.74) is 0.631. The van der Waals surface area contributed by atoms with Crippen LogP contribution in [0.25, 0.3) is 0 Å². The molecule has 1 N–H and O–H groups in total. The Hall–Kier alpha value is -2.07. The van der Waals surface area contributed by atoms with Crippen molar-refractivity contribution in [2.75, 3.05) is 0 Å². The summed E-state index contributed by atoms with van der Waals surface area (Å²) in [5, 5.41) is 9.47. The van der Waals surface area contributed by atoms with E-state index in [0.717, 1.165) is 0 Å². The van der Waals surface area contributed by atoms with Gasteiger partial charge in [-0.05, 0) is 30.7 Å². The number of ether oxygens (including phenoxy) is 1. The van der Waals surface area contributed by atoms with Crippen LogP contribution in [0, 0.1) is 0 Å². The highest BCUT2D eigenvalue weighted by molar-refractivity contribution is 6.30. The largest absolute Gasteiger partial charge is 0.481 e. The molecule has 1 unspecified atom stereocenters. The molecule has 0 saturated carbocycles. The number of carboxylic acids is 1. The zero-order valence-corrected chi connectivity index (χ0v) is 11.0. The topological polar surface area (TPSA) is 59.4 Å². The average molecular weight is 278 g/mol. The van der Waals surface area contributed by atoms with Crippen molar-refractivity contribution in [2.24, 2.45) is 0 Å². The first-order valence-electron chi connectivity index (χ1n) is 5.68. The zero-order valence-electron chi connectivity index (χ0n) is 10.2. The van der Waals surface area contributed by atoms with E-state index in [2.05, 4.69) is 4.98 Å². The first kappa shape index (κ1) is 13.4. The summed E-state index contributed by atoms with van der Waals surface area (Å²) in [6.45, 7) is 1.61. The lowest BCUT2D eigenvalue weighted by molar-refractivity contribution is -0.138. The Morgan fingerprint density at radius 1 is 1.37 bits per heavy atom. The van der Waals surface area contributed by atoms with Gasteiger partial charge in [0.25, 0.3) is 0 Å². The van der Waals surface area contributed by atoms with E-state index in [0.29, 0.717) is 22.2 Å². The van der Waals surface area contributed by atoms with Crippen LogP contribution in [-0.4, -0.2) is 16.1 Å². The van der Waals surface area contributed by atoms with Crippen molar-refractivity contribution >= 4 is 17.6 Å². The van der Waals surface area contributed by atoms with Crippen LogP contribution < -0.4 is 4.74 Å². The fourth-order valence-electron chi connectivity index (χ4n) is 1.50. The van der Waals surface area contributed by atoms with Gasteiger partial charge < -0.3 is 9.84 Å². The molecule has 1 aromatic heterocycles. The highest BCUT2D eigenvalue weighted by Crippen LogP contribution is 2.24. The first-order valence-corrected chi connectivity index (χ1v) is 6.06. The SMILES string of the molecule is CC(C(=O)O)c1ccc(Oc2cccc(Cl)c2)nc1. The van der Waals surface area contributed by atoms with Gasteiger partial charge >= 0.3 is 5.97 Å². The van der Waals surface area contributed by atoms with Crippen LogP contribution in [0.1, 0.15) is 18.4 Å². The summed E-state index contributed by atoms with van der Waals surface area (Å²) in [5.74, 6) is -0.499. The van der Waals surface area contributed by atoms with Crippen LogP contribution >= 0.6 is 11.6 Å². The summed E-state index contributed by atoms with van der Waals surface area (Å²) in [4.78, 5) is 14.9. The van der Waals surface area contributed by atoms with Crippen molar-refractivity contribution in [1.82, 2.24) is 4.98 Å². The van der Waals surface area contributed by atoms with Crippen LogP contribution in [0.2, 0.25) is 5.02 Å². The van der Waals surface area contributed by atoms with E-state index in [-0.39, 0.29) is 0 Å². The van der Waals surface area contributed by atoms with Crippen LogP contribution in [0.15, 0.2) is 42.6 Å². The fourth-order valence-corrected chi connectivity index (χ4v) is 1.68. The Kier molecular flexibility index (Phi) is 4.02. The number of carbonyl (C=O) groups is 1. The lowest BCUT2D eigenvalue weighted by Crippen LogP contribution is -2.07. The molecular weight excluding hydrogens is 266 g/mol. The van der Waals surface area contributed by atoms with Crippen molar-refractivity contribution in [3.8, 4) is 11.6 Å². The molecule has 5 heteroatoms. The summed E-state index contributed by atoms with van der Waals surface area (Å²) in [6.07, 6.45) is 1.50. The summed E-state index contributed by atoms with van der Waals surface area (Å²) in [7, 11) is 0. The number of carboxylic acid groups (broad SMARTS) is 1. The second-order valence-electron chi connectivity index (χ2n) is 4.05. The smallest absolute Gasteiger partial charge is 0.310 e.